The number of benzene rings is 1. The monoisotopic (exact) mass is 336 g/mol. The van der Waals surface area contributed by atoms with Gasteiger partial charge in [0.1, 0.15) is 4.60 Å². The molecule has 3 aromatic rings. The van der Waals surface area contributed by atoms with Crippen molar-refractivity contribution in [3.8, 4) is 0 Å². The van der Waals surface area contributed by atoms with E-state index in [2.05, 4.69) is 54.0 Å². The van der Waals surface area contributed by atoms with Crippen LogP contribution in [-0.2, 0) is 0 Å². The Balaban J connectivity index is 2.58. The topological polar surface area (TPSA) is 25.8 Å². The van der Waals surface area contributed by atoms with Gasteiger partial charge in [-0.15, -0.1) is 0 Å². The lowest BCUT2D eigenvalue weighted by Gasteiger charge is -2.03. The summed E-state index contributed by atoms with van der Waals surface area (Å²) < 4.78 is 1.87. The fourth-order valence-corrected chi connectivity index (χ4v) is 2.49. The van der Waals surface area contributed by atoms with Crippen molar-refractivity contribution < 1.29 is 0 Å². The normalized spacial score (nSPS) is 11.1. The zero-order valence-corrected chi connectivity index (χ0v) is 11.3. The Labute approximate surface area is 109 Å². The number of pyridine rings is 2. The molecule has 2 nitrogen and oxygen atoms in total. The average molecular weight is 338 g/mol. The first kappa shape index (κ1) is 10.2. The Hall–Kier alpha value is -1.00. The van der Waals surface area contributed by atoms with Gasteiger partial charge in [-0.25, -0.2) is 4.98 Å². The molecular weight excluding hydrogens is 332 g/mol. The molecule has 4 heteroatoms. The molecule has 2 heterocycles. The fourth-order valence-electron chi connectivity index (χ4n) is 1.74. The molecule has 16 heavy (non-hydrogen) atoms. The van der Waals surface area contributed by atoms with Crippen molar-refractivity contribution in [3.05, 3.63) is 45.6 Å². The van der Waals surface area contributed by atoms with Crippen LogP contribution in [0, 0.1) is 0 Å². The second kappa shape index (κ2) is 3.79. The lowest BCUT2D eigenvalue weighted by molar-refractivity contribution is 1.33. The van der Waals surface area contributed by atoms with Gasteiger partial charge in [-0.3, -0.25) is 4.98 Å². The van der Waals surface area contributed by atoms with Crippen molar-refractivity contribution in [2.75, 3.05) is 0 Å². The number of halogens is 2. The van der Waals surface area contributed by atoms with Gasteiger partial charge in [0.15, 0.2) is 0 Å². The largest absolute Gasteiger partial charge is 0.254 e. The average Bonchev–Trinajstić information content (AvgIpc) is 2.29. The third-order valence-electron chi connectivity index (χ3n) is 2.48. The van der Waals surface area contributed by atoms with Crippen LogP contribution in [-0.4, -0.2) is 9.97 Å². The van der Waals surface area contributed by atoms with E-state index in [-0.39, 0.29) is 0 Å². The Morgan fingerprint density at radius 3 is 2.56 bits per heavy atom. The highest BCUT2D eigenvalue weighted by molar-refractivity contribution is 9.10. The second-order valence-corrected chi connectivity index (χ2v) is 5.13. The van der Waals surface area contributed by atoms with Gasteiger partial charge in [0, 0.05) is 21.4 Å². The SMILES string of the molecule is Brc1ccc2ccc3c(Br)ccnc3c2n1. The first-order chi connectivity index (χ1) is 7.75. The van der Waals surface area contributed by atoms with E-state index in [0.29, 0.717) is 0 Å². The van der Waals surface area contributed by atoms with E-state index in [1.54, 1.807) is 6.20 Å². The van der Waals surface area contributed by atoms with Gasteiger partial charge in [0.25, 0.3) is 0 Å². The molecule has 0 N–H and O–H groups in total. The number of nitrogens with zero attached hydrogens (tertiary/aromatic N) is 2. The molecule has 3 rings (SSSR count). The van der Waals surface area contributed by atoms with Gasteiger partial charge < -0.3 is 0 Å². The molecule has 0 saturated carbocycles. The van der Waals surface area contributed by atoms with E-state index >= 15 is 0 Å². The van der Waals surface area contributed by atoms with Gasteiger partial charge in [-0.2, -0.15) is 0 Å². The van der Waals surface area contributed by atoms with Gasteiger partial charge in [0.05, 0.1) is 11.0 Å². The van der Waals surface area contributed by atoms with Crippen LogP contribution in [0.1, 0.15) is 0 Å². The van der Waals surface area contributed by atoms with E-state index < -0.39 is 0 Å². The molecule has 0 unspecified atom stereocenters. The maximum Gasteiger partial charge on any atom is 0.106 e. The summed E-state index contributed by atoms with van der Waals surface area (Å²) in [7, 11) is 0. The Kier molecular flexibility index (Phi) is 2.41. The maximum absolute atomic E-state index is 4.48. The molecule has 0 bridgehead atoms. The summed E-state index contributed by atoms with van der Waals surface area (Å²) >= 11 is 6.91. The molecule has 0 aliphatic rings. The summed E-state index contributed by atoms with van der Waals surface area (Å²) in [6.07, 6.45) is 1.79. The zero-order chi connectivity index (χ0) is 11.1. The minimum absolute atomic E-state index is 0.828. The van der Waals surface area contributed by atoms with E-state index in [4.69, 9.17) is 0 Å². The van der Waals surface area contributed by atoms with Crippen LogP contribution in [0.5, 0.6) is 0 Å². The quantitative estimate of drug-likeness (QED) is 0.451. The lowest BCUT2D eigenvalue weighted by Crippen LogP contribution is -1.86. The van der Waals surface area contributed by atoms with E-state index in [1.807, 2.05) is 18.2 Å². The van der Waals surface area contributed by atoms with Crippen molar-refractivity contribution in [1.29, 1.82) is 0 Å². The van der Waals surface area contributed by atoms with Crippen molar-refractivity contribution in [2.24, 2.45) is 0 Å². The predicted octanol–water partition coefficient (Wildman–Crippen LogP) is 4.31. The summed E-state index contributed by atoms with van der Waals surface area (Å²) in [5.74, 6) is 0. The third-order valence-corrected chi connectivity index (χ3v) is 3.62. The zero-order valence-electron chi connectivity index (χ0n) is 8.11. The predicted molar refractivity (Wildman–Crippen MR) is 72.4 cm³/mol. The summed E-state index contributed by atoms with van der Waals surface area (Å²) in [4.78, 5) is 8.88. The van der Waals surface area contributed by atoms with Gasteiger partial charge >= 0.3 is 0 Å². The van der Waals surface area contributed by atoms with E-state index in [0.717, 1.165) is 30.9 Å². The van der Waals surface area contributed by atoms with Crippen molar-refractivity contribution >= 4 is 53.7 Å². The van der Waals surface area contributed by atoms with E-state index in [1.165, 1.54) is 0 Å². The molecule has 0 atom stereocenters. The minimum Gasteiger partial charge on any atom is -0.254 e. The molecule has 2 aromatic heterocycles. The first-order valence-electron chi connectivity index (χ1n) is 4.75. The Bertz CT molecular complexity index is 695. The van der Waals surface area contributed by atoms with Crippen LogP contribution in [0.4, 0.5) is 0 Å². The van der Waals surface area contributed by atoms with Crippen LogP contribution < -0.4 is 0 Å². The van der Waals surface area contributed by atoms with Gasteiger partial charge in [-0.05, 0) is 28.1 Å². The molecular formula is C12H6Br2N2. The standard InChI is InChI=1S/C12H6Br2N2/c13-9-5-6-15-12-8(9)3-1-7-2-4-10(14)16-11(7)12/h1-6H. The molecule has 0 radical (unpaired) electrons. The van der Waals surface area contributed by atoms with Crippen LogP contribution >= 0.6 is 31.9 Å². The van der Waals surface area contributed by atoms with Crippen molar-refractivity contribution in [2.45, 2.75) is 0 Å². The van der Waals surface area contributed by atoms with Crippen LogP contribution in [0.2, 0.25) is 0 Å². The Morgan fingerprint density at radius 1 is 0.875 bits per heavy atom. The summed E-state index contributed by atoms with van der Waals surface area (Å²) in [6, 6.07) is 10.0. The molecule has 0 aliphatic heterocycles. The minimum atomic E-state index is 0.828. The number of aromatic nitrogens is 2. The lowest BCUT2D eigenvalue weighted by atomic mass is 10.1. The number of fused-ring (bicyclic) bond motifs is 3. The van der Waals surface area contributed by atoms with Gasteiger partial charge in [-0.1, -0.05) is 34.1 Å². The van der Waals surface area contributed by atoms with Crippen molar-refractivity contribution in [3.63, 3.8) is 0 Å². The Morgan fingerprint density at radius 2 is 1.69 bits per heavy atom. The molecule has 0 spiro atoms. The summed E-state index contributed by atoms with van der Waals surface area (Å²) in [5.41, 5.74) is 1.85. The first-order valence-corrected chi connectivity index (χ1v) is 6.34. The van der Waals surface area contributed by atoms with Crippen LogP contribution in [0.25, 0.3) is 21.8 Å². The molecule has 0 amide bonds. The molecule has 1 aromatic carbocycles. The van der Waals surface area contributed by atoms with Gasteiger partial charge in [0.2, 0.25) is 0 Å². The highest BCUT2D eigenvalue weighted by atomic mass is 79.9. The number of rotatable bonds is 0. The van der Waals surface area contributed by atoms with E-state index in [9.17, 15) is 0 Å². The highest BCUT2D eigenvalue weighted by Crippen LogP contribution is 2.28. The molecule has 0 fully saturated rings. The molecule has 0 saturated heterocycles. The molecule has 0 aliphatic carbocycles. The number of hydrogen-bond acceptors (Lipinski definition) is 2. The smallest absolute Gasteiger partial charge is 0.106 e. The highest BCUT2D eigenvalue weighted by Gasteiger charge is 2.05. The summed E-state index contributed by atoms with van der Waals surface area (Å²) in [6.45, 7) is 0. The molecule has 78 valence electrons. The van der Waals surface area contributed by atoms with Crippen LogP contribution in [0.15, 0.2) is 45.6 Å². The van der Waals surface area contributed by atoms with Crippen molar-refractivity contribution in [1.82, 2.24) is 9.97 Å². The van der Waals surface area contributed by atoms with Crippen LogP contribution in [0.3, 0.4) is 0 Å². The fraction of sp³-hybridized carbons (Fsp3) is 0. The summed E-state index contributed by atoms with van der Waals surface area (Å²) in [5, 5.41) is 2.18. The number of hydrogen-bond donors (Lipinski definition) is 0. The third kappa shape index (κ3) is 1.53. The second-order valence-electron chi connectivity index (χ2n) is 3.46. The maximum atomic E-state index is 4.48.